The van der Waals surface area contributed by atoms with Gasteiger partial charge in [0.2, 0.25) is 0 Å². The molecule has 1 aromatic rings. The van der Waals surface area contributed by atoms with Gasteiger partial charge in [-0.1, -0.05) is 45.0 Å². The predicted octanol–water partition coefficient (Wildman–Crippen LogP) is 4.55. The van der Waals surface area contributed by atoms with Crippen LogP contribution in [0.15, 0.2) is 24.3 Å². The molecule has 0 atom stereocenters. The maximum atomic E-state index is 5.70. The first kappa shape index (κ1) is 12.6. The minimum absolute atomic E-state index is 0.248. The maximum Gasteiger partial charge on any atom is 0.0223 e. The maximum absolute atomic E-state index is 5.70. The Morgan fingerprint density at radius 2 is 1.73 bits per heavy atom. The van der Waals surface area contributed by atoms with E-state index in [0.29, 0.717) is 0 Å². The Kier molecular flexibility index (Phi) is 4.66. The molecule has 0 unspecified atom stereocenters. The zero-order chi connectivity index (χ0) is 11.3. The number of halogens is 1. The fraction of sp³-hybridized carbons (Fsp3) is 0.571. The molecule has 0 aliphatic heterocycles. The van der Waals surface area contributed by atoms with Crippen LogP contribution in [0.5, 0.6) is 0 Å². The van der Waals surface area contributed by atoms with Crippen LogP contribution in [0, 0.1) is 0 Å². The van der Waals surface area contributed by atoms with Gasteiger partial charge in [0, 0.05) is 5.88 Å². The Morgan fingerprint density at radius 1 is 1.07 bits per heavy atom. The summed E-state index contributed by atoms with van der Waals surface area (Å²) in [7, 11) is 0. The lowest BCUT2D eigenvalue weighted by Gasteiger charge is -2.22. The number of hydrogen-bond donors (Lipinski definition) is 0. The van der Waals surface area contributed by atoms with Gasteiger partial charge in [-0.05, 0) is 35.8 Å². The largest absolute Gasteiger partial charge is 0.127 e. The summed E-state index contributed by atoms with van der Waals surface area (Å²) in [5.74, 6) is 0.775. The molecule has 1 aromatic carbocycles. The fourth-order valence-electron chi connectivity index (χ4n) is 1.88. The molecular weight excluding hydrogens is 204 g/mol. The van der Waals surface area contributed by atoms with Crippen LogP contribution in [-0.4, -0.2) is 5.88 Å². The van der Waals surface area contributed by atoms with Gasteiger partial charge in [-0.25, -0.2) is 0 Å². The van der Waals surface area contributed by atoms with E-state index in [2.05, 4.69) is 45.0 Å². The second-order valence-corrected chi connectivity index (χ2v) is 5.43. The van der Waals surface area contributed by atoms with Crippen molar-refractivity contribution in [3.63, 3.8) is 0 Å². The van der Waals surface area contributed by atoms with Crippen LogP contribution in [0.4, 0.5) is 0 Å². The molecule has 0 aliphatic carbocycles. The first-order valence-corrected chi connectivity index (χ1v) is 6.23. The number of rotatable bonds is 4. The average Bonchev–Trinajstić information content (AvgIpc) is 2.17. The van der Waals surface area contributed by atoms with Gasteiger partial charge in [0.05, 0.1) is 0 Å². The highest BCUT2D eigenvalue weighted by molar-refractivity contribution is 6.17. The zero-order valence-corrected chi connectivity index (χ0v) is 10.8. The van der Waals surface area contributed by atoms with Crippen LogP contribution in [0.25, 0.3) is 0 Å². The van der Waals surface area contributed by atoms with Gasteiger partial charge >= 0.3 is 0 Å². The summed E-state index contributed by atoms with van der Waals surface area (Å²) in [4.78, 5) is 0. The summed E-state index contributed by atoms with van der Waals surface area (Å²) in [6.45, 7) is 6.81. The molecule has 84 valence electrons. The zero-order valence-electron chi connectivity index (χ0n) is 10.0. The number of unbranched alkanes of at least 4 members (excludes halogenated alkanes) is 1. The van der Waals surface area contributed by atoms with E-state index in [4.69, 9.17) is 11.6 Å². The minimum Gasteiger partial charge on any atom is -0.127 e. The van der Waals surface area contributed by atoms with E-state index in [1.165, 1.54) is 17.5 Å². The smallest absolute Gasteiger partial charge is 0.0223 e. The molecule has 1 heteroatoms. The van der Waals surface area contributed by atoms with Crippen molar-refractivity contribution in [1.29, 1.82) is 0 Å². The van der Waals surface area contributed by atoms with E-state index in [9.17, 15) is 0 Å². The SMILES string of the molecule is CC(C)(C)c1ccccc1CCCCCl. The van der Waals surface area contributed by atoms with Crippen LogP contribution in [0.1, 0.15) is 44.7 Å². The van der Waals surface area contributed by atoms with Crippen molar-refractivity contribution in [2.24, 2.45) is 0 Å². The van der Waals surface area contributed by atoms with E-state index in [-0.39, 0.29) is 5.41 Å². The van der Waals surface area contributed by atoms with Gasteiger partial charge in [-0.3, -0.25) is 0 Å². The Hall–Kier alpha value is -0.490. The molecule has 0 fully saturated rings. The van der Waals surface area contributed by atoms with Gasteiger partial charge in [-0.15, -0.1) is 11.6 Å². The Labute approximate surface area is 98.7 Å². The van der Waals surface area contributed by atoms with E-state index in [1.54, 1.807) is 0 Å². The Bertz CT molecular complexity index is 296. The Balaban J connectivity index is 2.78. The fourth-order valence-corrected chi connectivity index (χ4v) is 2.07. The summed E-state index contributed by atoms with van der Waals surface area (Å²) in [5.41, 5.74) is 3.20. The molecule has 15 heavy (non-hydrogen) atoms. The first-order chi connectivity index (χ1) is 7.05. The lowest BCUT2D eigenvalue weighted by atomic mass is 9.82. The second kappa shape index (κ2) is 5.55. The normalized spacial score (nSPS) is 11.7. The molecule has 0 amide bonds. The monoisotopic (exact) mass is 224 g/mol. The van der Waals surface area contributed by atoms with Crippen LogP contribution in [-0.2, 0) is 11.8 Å². The summed E-state index contributed by atoms with van der Waals surface area (Å²) < 4.78 is 0. The number of hydrogen-bond acceptors (Lipinski definition) is 0. The van der Waals surface area contributed by atoms with E-state index >= 15 is 0 Å². The highest BCUT2D eigenvalue weighted by Gasteiger charge is 2.16. The van der Waals surface area contributed by atoms with Crippen LogP contribution in [0.3, 0.4) is 0 Å². The predicted molar refractivity (Wildman–Crippen MR) is 68.8 cm³/mol. The van der Waals surface area contributed by atoms with Gasteiger partial charge in [0.15, 0.2) is 0 Å². The van der Waals surface area contributed by atoms with Crippen LogP contribution >= 0.6 is 11.6 Å². The van der Waals surface area contributed by atoms with E-state index in [0.717, 1.165) is 18.7 Å². The van der Waals surface area contributed by atoms with E-state index in [1.807, 2.05) is 0 Å². The molecule has 0 saturated heterocycles. The molecule has 0 nitrogen and oxygen atoms in total. The second-order valence-electron chi connectivity index (χ2n) is 5.05. The molecule has 0 aromatic heterocycles. The lowest BCUT2D eigenvalue weighted by Crippen LogP contribution is -2.14. The molecule has 0 heterocycles. The molecule has 0 N–H and O–H groups in total. The van der Waals surface area contributed by atoms with Crippen molar-refractivity contribution >= 4 is 11.6 Å². The molecule has 1 rings (SSSR count). The molecule has 0 saturated carbocycles. The standard InChI is InChI=1S/C14H21Cl/c1-14(2,3)13-10-5-4-8-12(13)9-6-7-11-15/h4-5,8,10H,6-7,9,11H2,1-3H3. The lowest BCUT2D eigenvalue weighted by molar-refractivity contribution is 0.580. The Morgan fingerprint density at radius 3 is 2.33 bits per heavy atom. The number of benzene rings is 1. The van der Waals surface area contributed by atoms with Crippen molar-refractivity contribution in [1.82, 2.24) is 0 Å². The van der Waals surface area contributed by atoms with Crippen molar-refractivity contribution in [3.05, 3.63) is 35.4 Å². The van der Waals surface area contributed by atoms with Crippen molar-refractivity contribution in [2.75, 3.05) is 5.88 Å². The van der Waals surface area contributed by atoms with Crippen LogP contribution in [0.2, 0.25) is 0 Å². The third kappa shape index (κ3) is 3.87. The summed E-state index contributed by atoms with van der Waals surface area (Å²) >= 11 is 5.70. The van der Waals surface area contributed by atoms with E-state index < -0.39 is 0 Å². The van der Waals surface area contributed by atoms with Crippen molar-refractivity contribution in [3.8, 4) is 0 Å². The molecule has 0 aliphatic rings. The van der Waals surface area contributed by atoms with Crippen molar-refractivity contribution in [2.45, 2.75) is 45.4 Å². The van der Waals surface area contributed by atoms with Gasteiger partial charge in [-0.2, -0.15) is 0 Å². The van der Waals surface area contributed by atoms with Gasteiger partial charge in [0.1, 0.15) is 0 Å². The highest BCUT2D eigenvalue weighted by atomic mass is 35.5. The molecular formula is C14H21Cl. The molecule has 0 bridgehead atoms. The topological polar surface area (TPSA) is 0 Å². The average molecular weight is 225 g/mol. The summed E-state index contributed by atoms with van der Waals surface area (Å²) in [6, 6.07) is 8.75. The van der Waals surface area contributed by atoms with Crippen LogP contribution < -0.4 is 0 Å². The number of alkyl halides is 1. The third-order valence-corrected chi connectivity index (χ3v) is 2.92. The van der Waals surface area contributed by atoms with Crippen molar-refractivity contribution < 1.29 is 0 Å². The first-order valence-electron chi connectivity index (χ1n) is 5.70. The van der Waals surface area contributed by atoms with Gasteiger partial charge < -0.3 is 0 Å². The summed E-state index contributed by atoms with van der Waals surface area (Å²) in [5, 5.41) is 0. The quantitative estimate of drug-likeness (QED) is 0.520. The highest BCUT2D eigenvalue weighted by Crippen LogP contribution is 2.26. The third-order valence-electron chi connectivity index (χ3n) is 2.66. The summed E-state index contributed by atoms with van der Waals surface area (Å²) in [6.07, 6.45) is 3.46. The molecule has 0 spiro atoms. The number of aryl methyl sites for hydroxylation is 1. The molecule has 0 radical (unpaired) electrons. The van der Waals surface area contributed by atoms with Gasteiger partial charge in [0.25, 0.3) is 0 Å². The minimum atomic E-state index is 0.248.